The van der Waals surface area contributed by atoms with E-state index in [4.69, 9.17) is 0 Å². The van der Waals surface area contributed by atoms with Gasteiger partial charge in [-0.25, -0.2) is 18.1 Å². The van der Waals surface area contributed by atoms with Crippen LogP contribution in [0.3, 0.4) is 0 Å². The van der Waals surface area contributed by atoms with Crippen LogP contribution >= 0.6 is 11.3 Å². The highest BCUT2D eigenvalue weighted by molar-refractivity contribution is 7.89. The molecule has 1 aromatic heterocycles. The molecule has 0 aliphatic heterocycles. The maximum Gasteiger partial charge on any atom is 0.270 e. The van der Waals surface area contributed by atoms with Crippen LogP contribution in [-0.2, 0) is 15.4 Å². The van der Waals surface area contributed by atoms with Crippen LogP contribution in [0.25, 0.3) is 0 Å². The zero-order valence-electron chi connectivity index (χ0n) is 16.0. The van der Waals surface area contributed by atoms with E-state index < -0.39 is 14.9 Å². The third-order valence-corrected chi connectivity index (χ3v) is 6.73. The minimum absolute atomic E-state index is 0.0548. The first-order valence-corrected chi connectivity index (χ1v) is 10.7. The lowest BCUT2D eigenvalue weighted by Gasteiger charge is -2.13. The summed E-state index contributed by atoms with van der Waals surface area (Å²) >= 11 is 1.31. The van der Waals surface area contributed by atoms with Gasteiger partial charge in [0.05, 0.1) is 20.5 Å². The first-order valence-electron chi connectivity index (χ1n) is 8.42. The van der Waals surface area contributed by atoms with E-state index in [2.05, 4.69) is 15.0 Å². The number of amides is 1. The molecule has 0 bridgehead atoms. The number of carbonyl (C=O) groups is 1. The molecule has 1 amide bonds. The van der Waals surface area contributed by atoms with Crippen molar-refractivity contribution in [2.24, 2.45) is 0 Å². The Morgan fingerprint density at radius 3 is 2.54 bits per heavy atom. The monoisotopic (exact) mass is 426 g/mol. The van der Waals surface area contributed by atoms with Crippen LogP contribution in [0, 0.1) is 17.0 Å². The summed E-state index contributed by atoms with van der Waals surface area (Å²) in [6, 6.07) is 4.76. The quantitative estimate of drug-likeness (QED) is 0.397. The van der Waals surface area contributed by atoms with Crippen molar-refractivity contribution in [3.05, 3.63) is 50.0 Å². The molecule has 9 nitrogen and oxygen atoms in total. The lowest BCUT2D eigenvalue weighted by molar-refractivity contribution is -0.385. The number of aryl methyl sites for hydroxylation is 1. The topological polar surface area (TPSA) is 131 Å². The Morgan fingerprint density at radius 2 is 1.96 bits per heavy atom. The van der Waals surface area contributed by atoms with E-state index in [-0.39, 0.29) is 35.0 Å². The molecule has 0 atom stereocenters. The summed E-state index contributed by atoms with van der Waals surface area (Å²) in [7, 11) is -3.92. The zero-order valence-corrected chi connectivity index (χ0v) is 17.6. The van der Waals surface area contributed by atoms with Gasteiger partial charge in [-0.3, -0.25) is 14.9 Å². The molecule has 0 fully saturated rings. The molecule has 11 heteroatoms. The number of nitrogens with zero attached hydrogens (tertiary/aromatic N) is 2. The molecule has 0 aliphatic rings. The average molecular weight is 427 g/mol. The maximum absolute atomic E-state index is 12.3. The van der Waals surface area contributed by atoms with Crippen LogP contribution < -0.4 is 10.0 Å². The summed E-state index contributed by atoms with van der Waals surface area (Å²) in [6.07, 6.45) is 0. The largest absolute Gasteiger partial charge is 0.350 e. The molecule has 2 rings (SSSR count). The van der Waals surface area contributed by atoms with E-state index in [0.29, 0.717) is 10.6 Å². The maximum atomic E-state index is 12.3. The van der Waals surface area contributed by atoms with Crippen LogP contribution in [0.1, 0.15) is 41.1 Å². The lowest BCUT2D eigenvalue weighted by Crippen LogP contribution is -2.34. The van der Waals surface area contributed by atoms with Crippen molar-refractivity contribution < 1.29 is 18.1 Å². The summed E-state index contributed by atoms with van der Waals surface area (Å²) in [4.78, 5) is 27.2. The van der Waals surface area contributed by atoms with Crippen molar-refractivity contribution in [3.8, 4) is 0 Å². The Balaban J connectivity index is 1.95. The van der Waals surface area contributed by atoms with E-state index in [1.165, 1.54) is 29.5 Å². The van der Waals surface area contributed by atoms with Gasteiger partial charge in [-0.2, -0.15) is 0 Å². The Morgan fingerprint density at radius 1 is 1.29 bits per heavy atom. The van der Waals surface area contributed by atoms with Crippen molar-refractivity contribution in [1.29, 1.82) is 0 Å². The van der Waals surface area contributed by atoms with E-state index in [0.717, 1.165) is 11.1 Å². The Kier molecular flexibility index (Phi) is 6.52. The second-order valence-electron chi connectivity index (χ2n) is 7.09. The van der Waals surface area contributed by atoms with Gasteiger partial charge in [-0.05, 0) is 13.0 Å². The van der Waals surface area contributed by atoms with Gasteiger partial charge in [0.1, 0.15) is 4.88 Å². The molecule has 0 aliphatic carbocycles. The number of thiazole rings is 1. The normalized spacial score (nSPS) is 12.0. The summed E-state index contributed by atoms with van der Waals surface area (Å²) in [5, 5.41) is 14.3. The van der Waals surface area contributed by atoms with Crippen molar-refractivity contribution in [2.75, 3.05) is 13.1 Å². The molecular weight excluding hydrogens is 404 g/mol. The Hall–Kier alpha value is -2.37. The van der Waals surface area contributed by atoms with Gasteiger partial charge in [0.15, 0.2) is 0 Å². The fraction of sp³-hybridized carbons (Fsp3) is 0.412. The molecule has 1 heterocycles. The van der Waals surface area contributed by atoms with Crippen molar-refractivity contribution >= 4 is 33.0 Å². The Bertz CT molecular complexity index is 993. The highest BCUT2D eigenvalue weighted by Gasteiger charge is 2.23. The molecule has 152 valence electrons. The molecule has 1 aromatic carbocycles. The highest BCUT2D eigenvalue weighted by Crippen LogP contribution is 2.29. The van der Waals surface area contributed by atoms with Gasteiger partial charge < -0.3 is 5.32 Å². The number of nitro benzene ring substituents is 1. The Labute approximate surface area is 167 Å². The molecule has 2 aromatic rings. The third-order valence-electron chi connectivity index (χ3n) is 3.69. The number of carbonyl (C=O) groups excluding carboxylic acids is 1. The number of hydrogen-bond acceptors (Lipinski definition) is 7. The molecule has 0 saturated carbocycles. The van der Waals surface area contributed by atoms with Gasteiger partial charge in [0, 0.05) is 30.6 Å². The standard InChI is InChI=1S/C17H22N4O5S2/c1-11-14(27-16(20-11)17(2,3)4)15(22)18-8-9-19-28(25,26)13-7-5-6-12(10-13)21(23)24/h5-7,10,19H,8-9H2,1-4H3,(H,18,22). The lowest BCUT2D eigenvalue weighted by atomic mass is 9.98. The van der Waals surface area contributed by atoms with Crippen LogP contribution in [-0.4, -0.2) is 37.3 Å². The smallest absolute Gasteiger partial charge is 0.270 e. The van der Waals surface area contributed by atoms with Crippen molar-refractivity contribution in [3.63, 3.8) is 0 Å². The van der Waals surface area contributed by atoms with Gasteiger partial charge in [-0.15, -0.1) is 11.3 Å². The van der Waals surface area contributed by atoms with Crippen LogP contribution in [0.2, 0.25) is 0 Å². The number of nitro groups is 1. The van der Waals surface area contributed by atoms with Gasteiger partial charge >= 0.3 is 0 Å². The first-order chi connectivity index (χ1) is 12.9. The summed E-state index contributed by atoms with van der Waals surface area (Å²) < 4.78 is 26.8. The molecule has 0 radical (unpaired) electrons. The summed E-state index contributed by atoms with van der Waals surface area (Å²) in [6.45, 7) is 7.79. The fourth-order valence-electron chi connectivity index (χ4n) is 2.22. The molecule has 0 saturated heterocycles. The fourth-order valence-corrected chi connectivity index (χ4v) is 4.33. The predicted octanol–water partition coefficient (Wildman–Crippen LogP) is 2.37. The molecule has 28 heavy (non-hydrogen) atoms. The number of sulfonamides is 1. The number of rotatable bonds is 7. The van der Waals surface area contributed by atoms with Gasteiger partial charge in [0.25, 0.3) is 11.6 Å². The summed E-state index contributed by atoms with van der Waals surface area (Å²) in [5.74, 6) is -0.319. The zero-order chi connectivity index (χ0) is 21.1. The second-order valence-corrected chi connectivity index (χ2v) is 9.86. The van der Waals surface area contributed by atoms with Crippen LogP contribution in [0.4, 0.5) is 5.69 Å². The summed E-state index contributed by atoms with van der Waals surface area (Å²) in [5.41, 5.74) is 0.151. The van der Waals surface area contributed by atoms with Crippen molar-refractivity contribution in [1.82, 2.24) is 15.0 Å². The van der Waals surface area contributed by atoms with Crippen LogP contribution in [0.5, 0.6) is 0 Å². The number of benzene rings is 1. The number of nitrogens with one attached hydrogen (secondary N) is 2. The minimum Gasteiger partial charge on any atom is -0.350 e. The van der Waals surface area contributed by atoms with Crippen molar-refractivity contribution in [2.45, 2.75) is 38.0 Å². The molecule has 0 spiro atoms. The second kappa shape index (κ2) is 8.33. The number of aromatic nitrogens is 1. The number of non-ortho nitro benzene ring substituents is 1. The predicted molar refractivity (Wildman–Crippen MR) is 106 cm³/mol. The average Bonchev–Trinajstić information content (AvgIpc) is 3.01. The van der Waals surface area contributed by atoms with Crippen LogP contribution in [0.15, 0.2) is 29.2 Å². The van der Waals surface area contributed by atoms with E-state index in [9.17, 15) is 23.3 Å². The first kappa shape index (κ1) is 21.9. The minimum atomic E-state index is -3.92. The highest BCUT2D eigenvalue weighted by atomic mass is 32.2. The van der Waals surface area contributed by atoms with E-state index in [1.54, 1.807) is 6.92 Å². The SMILES string of the molecule is Cc1nc(C(C)(C)C)sc1C(=O)NCCNS(=O)(=O)c1cccc([N+](=O)[O-])c1. The van der Waals surface area contributed by atoms with E-state index in [1.807, 2.05) is 20.8 Å². The van der Waals surface area contributed by atoms with E-state index >= 15 is 0 Å². The molecule has 0 unspecified atom stereocenters. The number of hydrogen-bond donors (Lipinski definition) is 2. The third kappa shape index (κ3) is 5.33. The molecule has 2 N–H and O–H groups in total. The van der Waals surface area contributed by atoms with Gasteiger partial charge in [-0.1, -0.05) is 26.8 Å². The molecular formula is C17H22N4O5S2. The van der Waals surface area contributed by atoms with Gasteiger partial charge in [0.2, 0.25) is 10.0 Å².